The summed E-state index contributed by atoms with van der Waals surface area (Å²) >= 11 is 1.69. The van der Waals surface area contributed by atoms with Crippen LogP contribution < -0.4 is 11.1 Å². The number of thiazole rings is 1. The third kappa shape index (κ3) is 6.39. The van der Waals surface area contributed by atoms with Crippen molar-refractivity contribution in [2.75, 3.05) is 11.9 Å². The zero-order valence-electron chi connectivity index (χ0n) is 15.0. The van der Waals surface area contributed by atoms with Crippen molar-refractivity contribution >= 4 is 47.0 Å². The lowest BCUT2D eigenvalue weighted by atomic mass is 9.93. The maximum Gasteiger partial charge on any atom is 0.193 e. The molecule has 0 saturated carbocycles. The van der Waals surface area contributed by atoms with Gasteiger partial charge in [-0.25, -0.2) is 4.98 Å². The Labute approximate surface area is 166 Å². The highest BCUT2D eigenvalue weighted by Gasteiger charge is 2.17. The minimum absolute atomic E-state index is 0. The van der Waals surface area contributed by atoms with Gasteiger partial charge < -0.3 is 11.1 Å². The van der Waals surface area contributed by atoms with E-state index in [0.29, 0.717) is 12.5 Å². The molecule has 2 aromatic rings. The average Bonchev–Trinajstić information content (AvgIpc) is 2.86. The van der Waals surface area contributed by atoms with E-state index in [0.717, 1.165) is 22.8 Å². The summed E-state index contributed by atoms with van der Waals surface area (Å²) in [6.45, 7) is 11.3. The van der Waals surface area contributed by atoms with E-state index in [1.807, 2.05) is 0 Å². The lowest BCUT2D eigenvalue weighted by Crippen LogP contribution is -2.23. The van der Waals surface area contributed by atoms with Gasteiger partial charge in [0, 0.05) is 29.4 Å². The first kappa shape index (κ1) is 20.9. The van der Waals surface area contributed by atoms with E-state index in [9.17, 15) is 0 Å². The van der Waals surface area contributed by atoms with Gasteiger partial charge in [-0.3, -0.25) is 4.99 Å². The summed E-state index contributed by atoms with van der Waals surface area (Å²) in [7, 11) is 0. The van der Waals surface area contributed by atoms with Crippen LogP contribution >= 0.6 is 35.3 Å². The van der Waals surface area contributed by atoms with Crippen LogP contribution in [0, 0.1) is 13.8 Å². The van der Waals surface area contributed by atoms with Crippen LogP contribution in [0.15, 0.2) is 28.6 Å². The summed E-state index contributed by atoms with van der Waals surface area (Å²) in [5.41, 5.74) is 10.6. The number of guanidine groups is 1. The van der Waals surface area contributed by atoms with E-state index < -0.39 is 0 Å². The summed E-state index contributed by atoms with van der Waals surface area (Å²) in [5.74, 6) is 0.447. The maximum atomic E-state index is 5.97. The van der Waals surface area contributed by atoms with Crippen LogP contribution in [0.1, 0.15) is 42.6 Å². The maximum absolute atomic E-state index is 5.97. The molecule has 24 heavy (non-hydrogen) atoms. The van der Waals surface area contributed by atoms with Crippen LogP contribution in [0.2, 0.25) is 0 Å². The van der Waals surface area contributed by atoms with Gasteiger partial charge in [0.05, 0.1) is 10.7 Å². The Morgan fingerprint density at radius 1 is 1.21 bits per heavy atom. The van der Waals surface area contributed by atoms with E-state index in [-0.39, 0.29) is 29.4 Å². The van der Waals surface area contributed by atoms with E-state index in [4.69, 9.17) is 5.73 Å². The number of anilines is 1. The van der Waals surface area contributed by atoms with Crippen molar-refractivity contribution in [1.29, 1.82) is 0 Å². The molecule has 0 radical (unpaired) electrons. The standard InChI is InChI=1S/C18H26N4S.HI/c1-12-8-13(2)10-14(9-12)21-17(19)20-7-6-16-22-15(11-23-16)18(3,4)5;/h8-11H,6-7H2,1-5H3,(H3,19,20,21);1H. The van der Waals surface area contributed by atoms with Crippen LogP contribution in [0.25, 0.3) is 0 Å². The molecule has 0 unspecified atom stereocenters. The van der Waals surface area contributed by atoms with Gasteiger partial charge in [-0.15, -0.1) is 35.3 Å². The van der Waals surface area contributed by atoms with Crippen LogP contribution in [0.5, 0.6) is 0 Å². The zero-order chi connectivity index (χ0) is 17.0. The number of nitrogens with one attached hydrogen (secondary N) is 1. The molecule has 0 spiro atoms. The molecular formula is C18H27IN4S. The second kappa shape index (κ2) is 8.80. The normalized spacial score (nSPS) is 12.0. The summed E-state index contributed by atoms with van der Waals surface area (Å²) < 4.78 is 0. The predicted molar refractivity (Wildman–Crippen MR) is 116 cm³/mol. The summed E-state index contributed by atoms with van der Waals surface area (Å²) in [6.07, 6.45) is 0.815. The predicted octanol–water partition coefficient (Wildman–Crippen LogP) is 4.64. The summed E-state index contributed by atoms with van der Waals surface area (Å²) in [6, 6.07) is 6.26. The Morgan fingerprint density at radius 2 is 1.83 bits per heavy atom. The average molecular weight is 458 g/mol. The zero-order valence-corrected chi connectivity index (χ0v) is 18.2. The Hall–Kier alpha value is -1.15. The second-order valence-corrected chi connectivity index (χ2v) is 7.84. The lowest BCUT2D eigenvalue weighted by Gasteiger charge is -2.14. The molecule has 1 aromatic heterocycles. The molecule has 1 heterocycles. The number of aromatic nitrogens is 1. The molecule has 0 aliphatic carbocycles. The van der Waals surface area contributed by atoms with Crippen molar-refractivity contribution in [2.24, 2.45) is 10.7 Å². The minimum Gasteiger partial charge on any atom is -0.370 e. The monoisotopic (exact) mass is 458 g/mol. The highest BCUT2D eigenvalue weighted by atomic mass is 127. The van der Waals surface area contributed by atoms with Crippen LogP contribution in [-0.2, 0) is 11.8 Å². The van der Waals surface area contributed by atoms with Gasteiger partial charge in [-0.1, -0.05) is 26.8 Å². The Bertz CT molecular complexity index is 681. The fourth-order valence-corrected chi connectivity index (χ4v) is 3.29. The van der Waals surface area contributed by atoms with Gasteiger partial charge in [0.1, 0.15) is 0 Å². The first-order valence-electron chi connectivity index (χ1n) is 7.84. The SMILES string of the molecule is Cc1cc(C)cc(NC(N)=NCCc2nc(C(C)(C)C)cs2)c1.I. The molecule has 2 rings (SSSR count). The number of aryl methyl sites for hydroxylation is 2. The molecular weight excluding hydrogens is 431 g/mol. The molecule has 4 nitrogen and oxygen atoms in total. The van der Waals surface area contributed by atoms with Gasteiger partial charge in [0.2, 0.25) is 0 Å². The molecule has 0 saturated heterocycles. The highest BCUT2D eigenvalue weighted by Crippen LogP contribution is 2.24. The number of aliphatic imine (C=N–C) groups is 1. The lowest BCUT2D eigenvalue weighted by molar-refractivity contribution is 0.571. The molecule has 6 heteroatoms. The third-order valence-corrected chi connectivity index (χ3v) is 4.33. The molecule has 3 N–H and O–H groups in total. The number of nitrogens with two attached hydrogens (primary N) is 1. The molecule has 1 aromatic carbocycles. The molecule has 132 valence electrons. The van der Waals surface area contributed by atoms with Crippen molar-refractivity contribution in [3.8, 4) is 0 Å². The van der Waals surface area contributed by atoms with E-state index in [2.05, 4.69) is 73.5 Å². The van der Waals surface area contributed by atoms with Gasteiger partial charge >= 0.3 is 0 Å². The summed E-state index contributed by atoms with van der Waals surface area (Å²) in [5, 5.41) is 6.39. The van der Waals surface area contributed by atoms with E-state index in [1.54, 1.807) is 11.3 Å². The van der Waals surface area contributed by atoms with Crippen LogP contribution in [-0.4, -0.2) is 17.5 Å². The van der Waals surface area contributed by atoms with Gasteiger partial charge in [0.15, 0.2) is 5.96 Å². The van der Waals surface area contributed by atoms with Crippen molar-refractivity contribution in [2.45, 2.75) is 46.5 Å². The highest BCUT2D eigenvalue weighted by molar-refractivity contribution is 14.0. The number of nitrogens with zero attached hydrogens (tertiary/aromatic N) is 2. The van der Waals surface area contributed by atoms with Crippen molar-refractivity contribution in [1.82, 2.24) is 4.98 Å². The number of hydrogen-bond donors (Lipinski definition) is 2. The number of rotatable bonds is 4. The van der Waals surface area contributed by atoms with Gasteiger partial charge in [0.25, 0.3) is 0 Å². The summed E-state index contributed by atoms with van der Waals surface area (Å²) in [4.78, 5) is 9.07. The van der Waals surface area contributed by atoms with Gasteiger partial charge in [-0.05, 0) is 37.1 Å². The number of hydrogen-bond acceptors (Lipinski definition) is 3. The Morgan fingerprint density at radius 3 is 2.38 bits per heavy atom. The third-order valence-electron chi connectivity index (χ3n) is 3.42. The molecule has 0 fully saturated rings. The molecule has 0 atom stereocenters. The second-order valence-electron chi connectivity index (χ2n) is 6.89. The van der Waals surface area contributed by atoms with Gasteiger partial charge in [-0.2, -0.15) is 0 Å². The first-order valence-corrected chi connectivity index (χ1v) is 8.72. The van der Waals surface area contributed by atoms with Crippen LogP contribution in [0.4, 0.5) is 5.69 Å². The largest absolute Gasteiger partial charge is 0.370 e. The van der Waals surface area contributed by atoms with Crippen molar-refractivity contribution < 1.29 is 0 Å². The van der Waals surface area contributed by atoms with Crippen molar-refractivity contribution in [3.05, 3.63) is 45.4 Å². The topological polar surface area (TPSA) is 63.3 Å². The Balaban J connectivity index is 0.00000288. The minimum atomic E-state index is 0. The van der Waals surface area contributed by atoms with E-state index in [1.165, 1.54) is 11.1 Å². The quantitative estimate of drug-likeness (QED) is 0.399. The number of halogens is 1. The van der Waals surface area contributed by atoms with E-state index >= 15 is 0 Å². The van der Waals surface area contributed by atoms with Crippen molar-refractivity contribution in [3.63, 3.8) is 0 Å². The number of benzene rings is 1. The fraction of sp³-hybridized carbons (Fsp3) is 0.444. The fourth-order valence-electron chi connectivity index (χ4n) is 2.28. The molecule has 0 bridgehead atoms. The smallest absolute Gasteiger partial charge is 0.193 e. The molecule has 0 aliphatic heterocycles. The molecule has 0 amide bonds. The molecule has 0 aliphatic rings. The first-order chi connectivity index (χ1) is 10.7. The van der Waals surface area contributed by atoms with Crippen LogP contribution in [0.3, 0.4) is 0 Å². The Kier molecular flexibility index (Phi) is 7.66.